The first kappa shape index (κ1) is 14.8. The van der Waals surface area contributed by atoms with Gasteiger partial charge >= 0.3 is 0 Å². The Morgan fingerprint density at radius 3 is 2.39 bits per heavy atom. The lowest BCUT2D eigenvalue weighted by Gasteiger charge is -2.26. The van der Waals surface area contributed by atoms with Crippen molar-refractivity contribution in [3.63, 3.8) is 0 Å². The summed E-state index contributed by atoms with van der Waals surface area (Å²) in [6.45, 7) is 4.89. The van der Waals surface area contributed by atoms with E-state index in [0.29, 0.717) is 13.1 Å². The number of ether oxygens (including phenoxy) is 2. The van der Waals surface area contributed by atoms with Crippen molar-refractivity contribution in [2.45, 2.75) is 26.0 Å². The summed E-state index contributed by atoms with van der Waals surface area (Å²) < 4.78 is 10.5. The van der Waals surface area contributed by atoms with Crippen LogP contribution in [0.1, 0.15) is 19.4 Å². The van der Waals surface area contributed by atoms with E-state index in [4.69, 9.17) is 9.47 Å². The molecule has 102 valence electrons. The molecule has 18 heavy (non-hydrogen) atoms. The highest BCUT2D eigenvalue weighted by molar-refractivity contribution is 5.40. The molecule has 0 unspecified atom stereocenters. The second-order valence-electron chi connectivity index (χ2n) is 5.16. The second kappa shape index (κ2) is 6.07. The molecule has 0 fully saturated rings. The molecule has 0 saturated heterocycles. The van der Waals surface area contributed by atoms with Crippen LogP contribution in [0.3, 0.4) is 0 Å². The maximum Gasteiger partial charge on any atom is 0.123 e. The molecular formula is C14H23NO3. The minimum atomic E-state index is -0.707. The van der Waals surface area contributed by atoms with Gasteiger partial charge in [-0.1, -0.05) is 0 Å². The van der Waals surface area contributed by atoms with Gasteiger partial charge in [-0.3, -0.25) is 4.90 Å². The number of methoxy groups -OCH3 is 2. The van der Waals surface area contributed by atoms with E-state index < -0.39 is 5.60 Å². The normalized spacial score (nSPS) is 11.7. The first-order valence-electron chi connectivity index (χ1n) is 5.97. The van der Waals surface area contributed by atoms with Crippen LogP contribution in [0, 0.1) is 0 Å². The largest absolute Gasteiger partial charge is 0.497 e. The van der Waals surface area contributed by atoms with Crippen molar-refractivity contribution in [1.82, 2.24) is 4.90 Å². The highest BCUT2D eigenvalue weighted by Gasteiger charge is 2.17. The zero-order chi connectivity index (χ0) is 13.8. The van der Waals surface area contributed by atoms with E-state index in [1.807, 2.05) is 25.2 Å². The van der Waals surface area contributed by atoms with Gasteiger partial charge in [0.25, 0.3) is 0 Å². The second-order valence-corrected chi connectivity index (χ2v) is 5.16. The van der Waals surface area contributed by atoms with Crippen molar-refractivity contribution in [2.24, 2.45) is 0 Å². The summed E-state index contributed by atoms with van der Waals surface area (Å²) in [5.74, 6) is 1.64. The monoisotopic (exact) mass is 253 g/mol. The van der Waals surface area contributed by atoms with E-state index in [9.17, 15) is 5.11 Å². The van der Waals surface area contributed by atoms with Crippen molar-refractivity contribution in [1.29, 1.82) is 0 Å². The molecule has 1 aromatic carbocycles. The van der Waals surface area contributed by atoms with E-state index in [-0.39, 0.29) is 0 Å². The van der Waals surface area contributed by atoms with E-state index in [2.05, 4.69) is 4.90 Å². The fraction of sp³-hybridized carbons (Fsp3) is 0.571. The Kier molecular flexibility index (Phi) is 4.99. The average Bonchev–Trinajstić information content (AvgIpc) is 2.26. The molecule has 0 aliphatic rings. The van der Waals surface area contributed by atoms with Crippen molar-refractivity contribution < 1.29 is 14.6 Å². The molecule has 0 spiro atoms. The van der Waals surface area contributed by atoms with E-state index >= 15 is 0 Å². The number of hydrogen-bond donors (Lipinski definition) is 1. The van der Waals surface area contributed by atoms with Gasteiger partial charge < -0.3 is 14.6 Å². The first-order chi connectivity index (χ1) is 8.35. The van der Waals surface area contributed by atoms with Gasteiger partial charge in [0.05, 0.1) is 19.8 Å². The summed E-state index contributed by atoms with van der Waals surface area (Å²) in [5.41, 5.74) is 0.338. The molecule has 1 aromatic rings. The van der Waals surface area contributed by atoms with Gasteiger partial charge in [0.1, 0.15) is 11.5 Å². The highest BCUT2D eigenvalue weighted by Crippen LogP contribution is 2.25. The molecule has 0 aliphatic carbocycles. The zero-order valence-electron chi connectivity index (χ0n) is 11.9. The Morgan fingerprint density at radius 1 is 1.22 bits per heavy atom. The Morgan fingerprint density at radius 2 is 1.89 bits per heavy atom. The van der Waals surface area contributed by atoms with Crippen LogP contribution in [0.4, 0.5) is 0 Å². The molecule has 0 heterocycles. The third kappa shape index (κ3) is 4.55. The number of aliphatic hydroxyl groups is 1. The third-order valence-corrected chi connectivity index (χ3v) is 2.58. The minimum Gasteiger partial charge on any atom is -0.497 e. The Hall–Kier alpha value is -1.26. The van der Waals surface area contributed by atoms with E-state index in [0.717, 1.165) is 17.1 Å². The molecule has 4 nitrogen and oxygen atoms in total. The number of nitrogens with zero attached hydrogens (tertiary/aromatic N) is 1. The molecule has 0 aromatic heterocycles. The summed E-state index contributed by atoms with van der Waals surface area (Å²) in [6.07, 6.45) is 0. The molecule has 0 aliphatic heterocycles. The zero-order valence-corrected chi connectivity index (χ0v) is 11.9. The fourth-order valence-corrected chi connectivity index (χ4v) is 2.01. The van der Waals surface area contributed by atoms with E-state index in [1.54, 1.807) is 28.1 Å². The van der Waals surface area contributed by atoms with Crippen LogP contribution in [0.25, 0.3) is 0 Å². The standard InChI is InChI=1S/C14H23NO3/c1-14(2,16)10-15(3)9-11-8-12(17-4)6-7-13(11)18-5/h6-8,16H,9-10H2,1-5H3. The molecule has 1 rings (SSSR count). The SMILES string of the molecule is COc1ccc(OC)c(CN(C)CC(C)(C)O)c1. The molecule has 1 N–H and O–H groups in total. The van der Waals surface area contributed by atoms with Crippen LogP contribution in [-0.4, -0.2) is 43.4 Å². The Labute approximate surface area is 109 Å². The lowest BCUT2D eigenvalue weighted by atomic mass is 10.1. The summed E-state index contributed by atoms with van der Waals surface area (Å²) in [6, 6.07) is 5.73. The predicted molar refractivity (Wildman–Crippen MR) is 72.2 cm³/mol. The number of rotatable bonds is 6. The number of benzene rings is 1. The summed E-state index contributed by atoms with van der Waals surface area (Å²) in [5, 5.41) is 9.80. The van der Waals surface area contributed by atoms with Crippen molar-refractivity contribution in [3.8, 4) is 11.5 Å². The van der Waals surface area contributed by atoms with Gasteiger partial charge in [-0.25, -0.2) is 0 Å². The lowest BCUT2D eigenvalue weighted by molar-refractivity contribution is 0.0422. The van der Waals surface area contributed by atoms with Crippen molar-refractivity contribution >= 4 is 0 Å². The summed E-state index contributed by atoms with van der Waals surface area (Å²) in [7, 11) is 5.27. The maximum absolute atomic E-state index is 9.80. The number of likely N-dealkylation sites (N-methyl/N-ethyl adjacent to an activating group) is 1. The minimum absolute atomic E-state index is 0.591. The molecule has 0 atom stereocenters. The fourth-order valence-electron chi connectivity index (χ4n) is 2.01. The summed E-state index contributed by atoms with van der Waals surface area (Å²) in [4.78, 5) is 2.05. The highest BCUT2D eigenvalue weighted by atomic mass is 16.5. The van der Waals surface area contributed by atoms with Crippen LogP contribution in [0.5, 0.6) is 11.5 Å². The molecule has 0 saturated carbocycles. The molecular weight excluding hydrogens is 230 g/mol. The van der Waals surface area contributed by atoms with Crippen LogP contribution in [-0.2, 0) is 6.54 Å². The maximum atomic E-state index is 9.80. The Bertz CT molecular complexity index is 385. The molecule has 0 amide bonds. The quantitative estimate of drug-likeness (QED) is 0.841. The van der Waals surface area contributed by atoms with Gasteiger partial charge in [-0.15, -0.1) is 0 Å². The van der Waals surface area contributed by atoms with Crippen LogP contribution in [0.2, 0.25) is 0 Å². The van der Waals surface area contributed by atoms with Crippen molar-refractivity contribution in [2.75, 3.05) is 27.8 Å². The van der Waals surface area contributed by atoms with Gasteiger partial charge in [0.2, 0.25) is 0 Å². The van der Waals surface area contributed by atoms with E-state index in [1.165, 1.54) is 0 Å². The van der Waals surface area contributed by atoms with Gasteiger partial charge in [0, 0.05) is 18.7 Å². The first-order valence-corrected chi connectivity index (χ1v) is 5.97. The smallest absolute Gasteiger partial charge is 0.123 e. The summed E-state index contributed by atoms with van der Waals surface area (Å²) >= 11 is 0. The average molecular weight is 253 g/mol. The van der Waals surface area contributed by atoms with Gasteiger partial charge in [-0.2, -0.15) is 0 Å². The molecule has 4 heteroatoms. The molecule has 0 bridgehead atoms. The van der Waals surface area contributed by atoms with Gasteiger partial charge in [0.15, 0.2) is 0 Å². The van der Waals surface area contributed by atoms with Crippen LogP contribution >= 0.6 is 0 Å². The number of hydrogen-bond acceptors (Lipinski definition) is 4. The van der Waals surface area contributed by atoms with Gasteiger partial charge in [-0.05, 0) is 39.1 Å². The van der Waals surface area contributed by atoms with Crippen molar-refractivity contribution in [3.05, 3.63) is 23.8 Å². The molecule has 0 radical (unpaired) electrons. The van der Waals surface area contributed by atoms with Crippen LogP contribution in [0.15, 0.2) is 18.2 Å². The van der Waals surface area contributed by atoms with Crippen LogP contribution < -0.4 is 9.47 Å². The lowest BCUT2D eigenvalue weighted by Crippen LogP contribution is -2.35. The topological polar surface area (TPSA) is 41.9 Å². The third-order valence-electron chi connectivity index (χ3n) is 2.58. The predicted octanol–water partition coefficient (Wildman–Crippen LogP) is 1.91. The Balaban J connectivity index is 2.81.